The molecule has 0 fully saturated rings. The second-order valence-corrected chi connectivity index (χ2v) is 2.66. The first kappa shape index (κ1) is 11.5. The van der Waals surface area contributed by atoms with Crippen molar-refractivity contribution < 1.29 is 19.1 Å². The summed E-state index contributed by atoms with van der Waals surface area (Å²) in [7, 11) is 1.31. The molecule has 1 unspecified atom stereocenters. The predicted octanol–water partition coefficient (Wildman–Crippen LogP) is 1.02. The molecule has 0 aromatic carbocycles. The third-order valence-electron chi connectivity index (χ3n) is 1.61. The van der Waals surface area contributed by atoms with E-state index in [2.05, 4.69) is 9.89 Å². The lowest BCUT2D eigenvalue weighted by Gasteiger charge is -2.13. The fourth-order valence-electron chi connectivity index (χ4n) is 0.913. The van der Waals surface area contributed by atoms with Crippen LogP contribution in [0, 0.1) is 0 Å². The third kappa shape index (κ3) is 3.95. The van der Waals surface area contributed by atoms with Crippen LogP contribution in [0.1, 0.15) is 6.92 Å². The zero-order chi connectivity index (χ0) is 11.1. The van der Waals surface area contributed by atoms with Crippen molar-refractivity contribution in [3.63, 3.8) is 0 Å². The molecular formula is C10H13NO4. The van der Waals surface area contributed by atoms with Crippen molar-refractivity contribution in [2.75, 3.05) is 13.7 Å². The van der Waals surface area contributed by atoms with Crippen molar-refractivity contribution in [2.24, 2.45) is 5.16 Å². The minimum Gasteiger partial charge on any atom is -0.466 e. The lowest BCUT2D eigenvalue weighted by atomic mass is 10.3. The SMILES string of the molecule is CCOC1C=CC(/C=C/C(=O)OC)=NO1. The molecule has 0 N–H and O–H groups in total. The Balaban J connectivity index is 2.45. The number of nitrogens with zero attached hydrogens (tertiary/aromatic N) is 1. The number of oxime groups is 1. The Morgan fingerprint density at radius 1 is 1.73 bits per heavy atom. The fourth-order valence-corrected chi connectivity index (χ4v) is 0.913. The Morgan fingerprint density at radius 3 is 3.07 bits per heavy atom. The van der Waals surface area contributed by atoms with Crippen LogP contribution < -0.4 is 0 Å². The number of hydrogen-bond donors (Lipinski definition) is 0. The number of methoxy groups -OCH3 is 1. The van der Waals surface area contributed by atoms with E-state index < -0.39 is 12.3 Å². The molecule has 5 heteroatoms. The van der Waals surface area contributed by atoms with Gasteiger partial charge in [0.05, 0.1) is 7.11 Å². The average Bonchev–Trinajstić information content (AvgIpc) is 2.28. The van der Waals surface area contributed by atoms with Gasteiger partial charge in [0, 0.05) is 12.7 Å². The first-order chi connectivity index (χ1) is 7.26. The number of carbonyl (C=O) groups excluding carboxylic acids is 1. The van der Waals surface area contributed by atoms with E-state index in [0.717, 1.165) is 0 Å². The van der Waals surface area contributed by atoms with Crippen molar-refractivity contribution in [3.05, 3.63) is 24.3 Å². The second-order valence-electron chi connectivity index (χ2n) is 2.66. The Bertz CT molecular complexity index is 307. The maximum Gasteiger partial charge on any atom is 0.330 e. The number of esters is 1. The molecule has 0 bridgehead atoms. The van der Waals surface area contributed by atoms with Crippen LogP contribution in [-0.4, -0.2) is 31.7 Å². The summed E-state index contributed by atoms with van der Waals surface area (Å²) in [5.74, 6) is -0.432. The van der Waals surface area contributed by atoms with E-state index in [9.17, 15) is 4.79 Å². The molecule has 0 aromatic rings. The molecule has 0 spiro atoms. The molecule has 0 saturated heterocycles. The van der Waals surface area contributed by atoms with Crippen LogP contribution in [0.25, 0.3) is 0 Å². The van der Waals surface area contributed by atoms with E-state index in [1.807, 2.05) is 6.92 Å². The van der Waals surface area contributed by atoms with Gasteiger partial charge in [0.25, 0.3) is 0 Å². The van der Waals surface area contributed by atoms with E-state index in [0.29, 0.717) is 12.3 Å². The number of rotatable bonds is 4. The van der Waals surface area contributed by atoms with Crippen molar-refractivity contribution in [1.29, 1.82) is 0 Å². The zero-order valence-electron chi connectivity index (χ0n) is 8.67. The highest BCUT2D eigenvalue weighted by Gasteiger charge is 2.09. The highest BCUT2D eigenvalue weighted by Crippen LogP contribution is 2.05. The molecule has 0 amide bonds. The van der Waals surface area contributed by atoms with E-state index in [1.54, 1.807) is 12.2 Å². The maximum absolute atomic E-state index is 10.8. The van der Waals surface area contributed by atoms with E-state index in [1.165, 1.54) is 19.3 Å². The van der Waals surface area contributed by atoms with Crippen LogP contribution in [0.4, 0.5) is 0 Å². The molecule has 1 atom stereocenters. The first-order valence-electron chi connectivity index (χ1n) is 4.56. The van der Waals surface area contributed by atoms with Gasteiger partial charge < -0.3 is 14.3 Å². The van der Waals surface area contributed by atoms with E-state index in [-0.39, 0.29) is 0 Å². The van der Waals surface area contributed by atoms with Gasteiger partial charge in [-0.15, -0.1) is 0 Å². The Labute approximate surface area is 88.0 Å². The Kier molecular flexibility index (Phi) is 4.56. The van der Waals surface area contributed by atoms with Crippen LogP contribution in [0.2, 0.25) is 0 Å². The summed E-state index contributed by atoms with van der Waals surface area (Å²) in [5, 5.41) is 3.75. The molecule has 1 aliphatic heterocycles. The molecule has 0 radical (unpaired) electrons. The topological polar surface area (TPSA) is 57.1 Å². The summed E-state index contributed by atoms with van der Waals surface area (Å²) in [6.45, 7) is 2.42. The van der Waals surface area contributed by atoms with Gasteiger partial charge in [0.15, 0.2) is 0 Å². The summed E-state index contributed by atoms with van der Waals surface area (Å²) in [6, 6.07) is 0. The molecule has 0 saturated carbocycles. The fraction of sp³-hybridized carbons (Fsp3) is 0.400. The number of carbonyl (C=O) groups is 1. The van der Waals surface area contributed by atoms with Crippen LogP contribution in [0.5, 0.6) is 0 Å². The van der Waals surface area contributed by atoms with Gasteiger partial charge in [-0.3, -0.25) is 0 Å². The first-order valence-corrected chi connectivity index (χ1v) is 4.56. The smallest absolute Gasteiger partial charge is 0.330 e. The van der Waals surface area contributed by atoms with Gasteiger partial charge >= 0.3 is 5.97 Å². The van der Waals surface area contributed by atoms with Crippen LogP contribution in [-0.2, 0) is 19.1 Å². The lowest BCUT2D eigenvalue weighted by Crippen LogP contribution is -2.16. The molecule has 15 heavy (non-hydrogen) atoms. The van der Waals surface area contributed by atoms with Gasteiger partial charge in [-0.05, 0) is 25.2 Å². The average molecular weight is 211 g/mol. The minimum absolute atomic E-state index is 0.432. The van der Waals surface area contributed by atoms with E-state index in [4.69, 9.17) is 9.57 Å². The number of allylic oxidation sites excluding steroid dienone is 2. The lowest BCUT2D eigenvalue weighted by molar-refractivity contribution is -0.134. The molecule has 82 valence electrons. The van der Waals surface area contributed by atoms with Crippen LogP contribution in [0.3, 0.4) is 0 Å². The number of ether oxygens (including phenoxy) is 2. The zero-order valence-corrected chi connectivity index (χ0v) is 8.67. The van der Waals surface area contributed by atoms with Crippen molar-refractivity contribution in [2.45, 2.75) is 13.2 Å². The highest BCUT2D eigenvalue weighted by atomic mass is 16.8. The van der Waals surface area contributed by atoms with Gasteiger partial charge in [0.1, 0.15) is 5.71 Å². The second kappa shape index (κ2) is 5.98. The van der Waals surface area contributed by atoms with Crippen molar-refractivity contribution >= 4 is 11.7 Å². The largest absolute Gasteiger partial charge is 0.466 e. The van der Waals surface area contributed by atoms with Gasteiger partial charge in [-0.1, -0.05) is 5.16 Å². The normalized spacial score (nSPS) is 19.9. The number of hydrogen-bond acceptors (Lipinski definition) is 5. The van der Waals surface area contributed by atoms with Gasteiger partial charge in [-0.2, -0.15) is 0 Å². The van der Waals surface area contributed by atoms with Crippen LogP contribution in [0.15, 0.2) is 29.5 Å². The van der Waals surface area contributed by atoms with E-state index >= 15 is 0 Å². The molecule has 1 rings (SSSR count). The molecule has 1 heterocycles. The summed E-state index contributed by atoms with van der Waals surface area (Å²) in [6.07, 6.45) is 5.76. The molecule has 5 nitrogen and oxygen atoms in total. The Hall–Kier alpha value is -1.62. The molecule has 1 aliphatic rings. The highest BCUT2D eigenvalue weighted by molar-refractivity contribution is 6.06. The maximum atomic E-state index is 10.8. The summed E-state index contributed by atoms with van der Waals surface area (Å²) in [4.78, 5) is 15.7. The third-order valence-corrected chi connectivity index (χ3v) is 1.61. The minimum atomic E-state index is -0.440. The molecule has 0 aromatic heterocycles. The predicted molar refractivity (Wildman–Crippen MR) is 54.2 cm³/mol. The summed E-state index contributed by atoms with van der Waals surface area (Å²) in [5.41, 5.74) is 0.538. The molecular weight excluding hydrogens is 198 g/mol. The van der Waals surface area contributed by atoms with Crippen LogP contribution >= 0.6 is 0 Å². The Morgan fingerprint density at radius 2 is 2.53 bits per heavy atom. The van der Waals surface area contributed by atoms with Crippen molar-refractivity contribution in [3.8, 4) is 0 Å². The van der Waals surface area contributed by atoms with Crippen molar-refractivity contribution in [1.82, 2.24) is 0 Å². The molecule has 0 aliphatic carbocycles. The quantitative estimate of drug-likeness (QED) is 0.514. The monoisotopic (exact) mass is 211 g/mol. The van der Waals surface area contributed by atoms with Gasteiger partial charge in [0.2, 0.25) is 6.29 Å². The standard InChI is InChI=1S/C10H13NO4/c1-3-14-10-7-5-8(11-15-10)4-6-9(12)13-2/h4-7,10H,3H2,1-2H3/b6-4+. The summed E-state index contributed by atoms with van der Waals surface area (Å²) >= 11 is 0. The van der Waals surface area contributed by atoms with Gasteiger partial charge in [-0.25, -0.2) is 4.79 Å². The summed E-state index contributed by atoms with van der Waals surface area (Å²) < 4.78 is 9.58.